The van der Waals surface area contributed by atoms with Crippen LogP contribution < -0.4 is 0 Å². The van der Waals surface area contributed by atoms with E-state index in [2.05, 4.69) is 63.4 Å². The van der Waals surface area contributed by atoms with Crippen molar-refractivity contribution < 1.29 is 0 Å². The first kappa shape index (κ1) is 15.7. The van der Waals surface area contributed by atoms with Gasteiger partial charge in [0.1, 0.15) is 0 Å². The molecular weight excluding hydrogens is 292 g/mol. The van der Waals surface area contributed by atoms with Gasteiger partial charge in [0.15, 0.2) is 0 Å². The molecule has 0 radical (unpaired) electrons. The summed E-state index contributed by atoms with van der Waals surface area (Å²) in [6.45, 7) is 10.5. The molecular formula is C22H32Si. The smallest absolute Gasteiger partial charge is 0.0626 e. The number of hydrogen-bond donors (Lipinski definition) is 0. The largest absolute Gasteiger partial charge is 0.0839 e. The highest BCUT2D eigenvalue weighted by Gasteiger charge is 2.53. The second-order valence-corrected chi connectivity index (χ2v) is 14.1. The Morgan fingerprint density at radius 1 is 0.783 bits per heavy atom. The molecule has 2 saturated carbocycles. The van der Waals surface area contributed by atoms with Gasteiger partial charge in [0, 0.05) is 0 Å². The van der Waals surface area contributed by atoms with Crippen molar-refractivity contribution in [2.75, 3.05) is 0 Å². The van der Waals surface area contributed by atoms with Crippen LogP contribution in [0.4, 0.5) is 0 Å². The summed E-state index contributed by atoms with van der Waals surface area (Å²) in [6.07, 6.45) is 19.9. The van der Waals surface area contributed by atoms with Crippen LogP contribution in [0.3, 0.4) is 0 Å². The van der Waals surface area contributed by atoms with E-state index in [1.54, 1.807) is 0 Å². The molecule has 0 aromatic heterocycles. The van der Waals surface area contributed by atoms with Gasteiger partial charge in [-0.25, -0.2) is 0 Å². The average Bonchev–Trinajstić information content (AvgIpc) is 3.02. The molecule has 0 nitrogen and oxygen atoms in total. The van der Waals surface area contributed by atoms with Crippen molar-refractivity contribution in [3.8, 4) is 0 Å². The molecule has 1 heteroatoms. The van der Waals surface area contributed by atoms with Gasteiger partial charge in [-0.15, -0.1) is 0 Å². The number of hydrogen-bond acceptors (Lipinski definition) is 0. The van der Waals surface area contributed by atoms with Crippen molar-refractivity contribution in [1.29, 1.82) is 0 Å². The monoisotopic (exact) mass is 324 g/mol. The predicted octanol–water partition coefficient (Wildman–Crippen LogP) is 6.52. The van der Waals surface area contributed by atoms with Gasteiger partial charge in [0.25, 0.3) is 0 Å². The van der Waals surface area contributed by atoms with Gasteiger partial charge < -0.3 is 0 Å². The van der Waals surface area contributed by atoms with E-state index in [9.17, 15) is 0 Å². The lowest BCUT2D eigenvalue weighted by Gasteiger charge is -2.42. The van der Waals surface area contributed by atoms with Crippen LogP contribution >= 0.6 is 0 Å². The maximum Gasteiger partial charge on any atom is 0.0626 e. The number of fused-ring (bicyclic) bond motifs is 2. The highest BCUT2D eigenvalue weighted by molar-refractivity contribution is 6.81. The third kappa shape index (κ3) is 2.38. The lowest BCUT2D eigenvalue weighted by atomic mass is 9.94. The molecule has 2 fully saturated rings. The summed E-state index contributed by atoms with van der Waals surface area (Å²) in [5.41, 5.74) is 5.46. The molecule has 4 aliphatic rings. The van der Waals surface area contributed by atoms with Crippen LogP contribution in [0.15, 0.2) is 47.6 Å². The summed E-state index contributed by atoms with van der Waals surface area (Å²) >= 11 is 0. The van der Waals surface area contributed by atoms with E-state index in [1.165, 1.54) is 25.7 Å². The van der Waals surface area contributed by atoms with E-state index in [4.69, 9.17) is 0 Å². The van der Waals surface area contributed by atoms with Crippen LogP contribution in [-0.2, 0) is 0 Å². The topological polar surface area (TPSA) is 0 Å². The second kappa shape index (κ2) is 5.62. The van der Waals surface area contributed by atoms with Gasteiger partial charge in [0.05, 0.1) is 8.07 Å². The van der Waals surface area contributed by atoms with Crippen LogP contribution in [0.2, 0.25) is 24.2 Å². The van der Waals surface area contributed by atoms with Crippen LogP contribution in [0, 0.1) is 23.7 Å². The predicted molar refractivity (Wildman–Crippen MR) is 103 cm³/mol. The number of allylic oxidation sites excluding steroid dienone is 8. The summed E-state index contributed by atoms with van der Waals surface area (Å²) < 4.78 is 0. The van der Waals surface area contributed by atoms with Crippen molar-refractivity contribution in [1.82, 2.24) is 0 Å². The fraction of sp³-hybridized carbons (Fsp3) is 0.636. The Morgan fingerprint density at radius 3 is 1.65 bits per heavy atom. The molecule has 0 aromatic rings. The Labute approximate surface area is 143 Å². The molecule has 4 aliphatic carbocycles. The molecule has 0 saturated heterocycles. The molecule has 124 valence electrons. The Kier molecular flexibility index (Phi) is 3.83. The molecule has 0 aromatic carbocycles. The first-order valence-corrected chi connectivity index (χ1v) is 12.9. The van der Waals surface area contributed by atoms with Crippen molar-refractivity contribution in [3.63, 3.8) is 0 Å². The van der Waals surface area contributed by atoms with Crippen molar-refractivity contribution >= 4 is 8.07 Å². The SMILES string of the molecule is CC1CC2CC=CC=C2C1[Si](C)(C)C1C2=CC=CCC2CC1C. The van der Waals surface area contributed by atoms with Crippen LogP contribution in [0.25, 0.3) is 0 Å². The minimum Gasteiger partial charge on any atom is -0.0839 e. The minimum absolute atomic E-state index is 0.861. The molecule has 6 atom stereocenters. The van der Waals surface area contributed by atoms with Crippen molar-refractivity contribution in [2.24, 2.45) is 23.7 Å². The van der Waals surface area contributed by atoms with Crippen LogP contribution in [0.5, 0.6) is 0 Å². The van der Waals surface area contributed by atoms with Crippen molar-refractivity contribution in [2.45, 2.75) is 63.7 Å². The first-order chi connectivity index (χ1) is 11.0. The lowest BCUT2D eigenvalue weighted by molar-refractivity contribution is 0.520. The highest BCUT2D eigenvalue weighted by atomic mass is 28.3. The molecule has 0 bridgehead atoms. The zero-order chi connectivity index (χ0) is 16.2. The Balaban J connectivity index is 1.72. The summed E-state index contributed by atoms with van der Waals surface area (Å²) in [5.74, 6) is 3.50. The third-order valence-electron chi connectivity index (χ3n) is 7.41. The molecule has 0 spiro atoms. The van der Waals surface area contributed by atoms with Gasteiger partial charge in [-0.05, 0) is 60.4 Å². The summed E-state index contributed by atoms with van der Waals surface area (Å²) in [6, 6.07) is 0. The Bertz CT molecular complexity index is 551. The molecule has 0 amide bonds. The molecule has 4 rings (SSSR count). The minimum atomic E-state index is -1.38. The molecule has 0 aliphatic heterocycles. The zero-order valence-corrected chi connectivity index (χ0v) is 16.3. The van der Waals surface area contributed by atoms with E-state index in [-0.39, 0.29) is 0 Å². The van der Waals surface area contributed by atoms with Crippen LogP contribution in [-0.4, -0.2) is 8.07 Å². The van der Waals surface area contributed by atoms with Gasteiger partial charge in [-0.2, -0.15) is 0 Å². The quantitative estimate of drug-likeness (QED) is 0.507. The Morgan fingerprint density at radius 2 is 1.22 bits per heavy atom. The highest BCUT2D eigenvalue weighted by Crippen LogP contribution is 2.61. The fourth-order valence-corrected chi connectivity index (χ4v) is 12.9. The summed E-state index contributed by atoms with van der Waals surface area (Å²) in [4.78, 5) is 0. The maximum absolute atomic E-state index is 2.72. The zero-order valence-electron chi connectivity index (χ0n) is 15.3. The van der Waals surface area contributed by atoms with Crippen molar-refractivity contribution in [3.05, 3.63) is 47.6 Å². The summed E-state index contributed by atoms with van der Waals surface area (Å²) in [7, 11) is -1.38. The third-order valence-corrected chi connectivity index (χ3v) is 12.4. The van der Waals surface area contributed by atoms with E-state index < -0.39 is 8.07 Å². The van der Waals surface area contributed by atoms with E-state index in [0.717, 1.165) is 34.8 Å². The lowest BCUT2D eigenvalue weighted by Crippen LogP contribution is -2.42. The van der Waals surface area contributed by atoms with Gasteiger partial charge in [-0.1, -0.05) is 74.5 Å². The van der Waals surface area contributed by atoms with Gasteiger partial charge >= 0.3 is 0 Å². The van der Waals surface area contributed by atoms with Gasteiger partial charge in [0.2, 0.25) is 0 Å². The fourth-order valence-electron chi connectivity index (χ4n) is 6.91. The van der Waals surface area contributed by atoms with Gasteiger partial charge in [-0.3, -0.25) is 0 Å². The average molecular weight is 325 g/mol. The standard InChI is InChI=1S/C22H32Si/c1-15-13-17-9-5-7-11-19(17)21(15)23(3,4)22-16(2)14-18-10-6-8-12-20(18)22/h5-8,11-12,15-18,21-22H,9-10,13-14H2,1-4H3. The molecule has 23 heavy (non-hydrogen) atoms. The molecule has 0 heterocycles. The molecule has 6 unspecified atom stereocenters. The number of rotatable bonds is 2. The second-order valence-electron chi connectivity index (χ2n) is 9.26. The van der Waals surface area contributed by atoms with Crippen LogP contribution in [0.1, 0.15) is 39.5 Å². The van der Waals surface area contributed by atoms with E-state index in [0.29, 0.717) is 0 Å². The summed E-state index contributed by atoms with van der Waals surface area (Å²) in [5, 5.41) is 0. The maximum atomic E-state index is 2.72. The normalized spacial score (nSPS) is 42.3. The Hall–Kier alpha value is -0.823. The first-order valence-electron chi connectivity index (χ1n) is 9.73. The van der Waals surface area contributed by atoms with E-state index in [1.807, 2.05) is 11.1 Å². The van der Waals surface area contributed by atoms with E-state index >= 15 is 0 Å². The molecule has 0 N–H and O–H groups in total.